The molecule has 0 spiro atoms. The Morgan fingerprint density at radius 2 is 2.06 bits per heavy atom. The average Bonchev–Trinajstić information content (AvgIpc) is 2.67. The highest BCUT2D eigenvalue weighted by atomic mass is 32.2. The second-order valence-corrected chi connectivity index (χ2v) is 5.12. The molecule has 18 heavy (non-hydrogen) atoms. The molecule has 4 heteroatoms. The minimum absolute atomic E-state index is 0.782. The molecular weight excluding hydrogens is 244 g/mol. The predicted molar refractivity (Wildman–Crippen MR) is 75.6 cm³/mol. The van der Waals surface area contributed by atoms with E-state index in [1.807, 2.05) is 11.6 Å². The molecule has 0 aliphatic heterocycles. The quantitative estimate of drug-likeness (QED) is 0.791. The number of hydrogen-bond donors (Lipinski definition) is 0. The zero-order valence-corrected chi connectivity index (χ0v) is 12.0. The summed E-state index contributed by atoms with van der Waals surface area (Å²) in [6, 6.07) is 8.41. The second kappa shape index (κ2) is 5.48. The van der Waals surface area contributed by atoms with Crippen LogP contribution in [0.1, 0.15) is 17.0 Å². The fourth-order valence-corrected chi connectivity index (χ4v) is 2.53. The van der Waals surface area contributed by atoms with E-state index in [2.05, 4.69) is 42.5 Å². The molecule has 0 unspecified atom stereocenters. The summed E-state index contributed by atoms with van der Waals surface area (Å²) < 4.78 is 7.42. The van der Waals surface area contributed by atoms with E-state index in [1.54, 1.807) is 18.9 Å². The number of rotatable bonds is 4. The number of ether oxygens (including phenoxy) is 1. The maximum atomic E-state index is 5.40. The lowest BCUT2D eigenvalue weighted by molar-refractivity contribution is 0.404. The second-order valence-electron chi connectivity index (χ2n) is 4.27. The van der Waals surface area contributed by atoms with Crippen LogP contribution in [0.3, 0.4) is 0 Å². The average molecular weight is 262 g/mol. The van der Waals surface area contributed by atoms with E-state index < -0.39 is 0 Å². The van der Waals surface area contributed by atoms with Crippen molar-refractivity contribution in [3.63, 3.8) is 0 Å². The molecule has 0 N–H and O–H groups in total. The van der Waals surface area contributed by atoms with Crippen LogP contribution in [0.15, 0.2) is 29.2 Å². The maximum absolute atomic E-state index is 5.40. The first-order chi connectivity index (χ1) is 8.63. The minimum atomic E-state index is 0.782. The molecule has 0 radical (unpaired) electrons. The first-order valence-electron chi connectivity index (χ1n) is 5.86. The van der Waals surface area contributed by atoms with Crippen molar-refractivity contribution in [2.75, 3.05) is 13.4 Å². The van der Waals surface area contributed by atoms with Gasteiger partial charge in [0.15, 0.2) is 0 Å². The van der Waals surface area contributed by atoms with Crippen LogP contribution in [-0.2, 0) is 6.54 Å². The predicted octanol–water partition coefficient (Wildman–Crippen LogP) is 3.28. The van der Waals surface area contributed by atoms with Crippen molar-refractivity contribution in [1.29, 1.82) is 0 Å². The summed E-state index contributed by atoms with van der Waals surface area (Å²) >= 11 is 1.69. The van der Waals surface area contributed by atoms with Gasteiger partial charge in [0.1, 0.15) is 5.75 Å². The van der Waals surface area contributed by atoms with Crippen molar-refractivity contribution < 1.29 is 4.74 Å². The summed E-state index contributed by atoms with van der Waals surface area (Å²) in [5.41, 5.74) is 3.44. The van der Waals surface area contributed by atoms with Crippen LogP contribution in [0.4, 0.5) is 0 Å². The van der Waals surface area contributed by atoms with Crippen molar-refractivity contribution >= 4 is 11.8 Å². The third-order valence-corrected chi connectivity index (χ3v) is 3.66. The monoisotopic (exact) mass is 262 g/mol. The molecule has 0 saturated heterocycles. The Balaban J connectivity index is 2.27. The molecule has 2 aromatic rings. The molecule has 1 aromatic carbocycles. The van der Waals surface area contributed by atoms with Crippen LogP contribution in [0.5, 0.6) is 5.75 Å². The Kier molecular flexibility index (Phi) is 3.97. The molecule has 1 heterocycles. The van der Waals surface area contributed by atoms with Crippen molar-refractivity contribution in [3.05, 3.63) is 41.2 Å². The molecule has 0 aliphatic rings. The lowest BCUT2D eigenvalue weighted by Crippen LogP contribution is -2.04. The van der Waals surface area contributed by atoms with E-state index in [9.17, 15) is 0 Å². The van der Waals surface area contributed by atoms with Crippen molar-refractivity contribution in [2.24, 2.45) is 0 Å². The largest absolute Gasteiger partial charge is 0.496 e. The number of aryl methyl sites for hydroxylation is 2. The fraction of sp³-hybridized carbons (Fsp3) is 0.357. The van der Waals surface area contributed by atoms with E-state index in [4.69, 9.17) is 4.74 Å². The number of hydrogen-bond acceptors (Lipinski definition) is 3. The summed E-state index contributed by atoms with van der Waals surface area (Å²) in [5.74, 6) is 0.932. The fourth-order valence-electron chi connectivity index (χ4n) is 1.99. The molecule has 0 bridgehead atoms. The van der Waals surface area contributed by atoms with Gasteiger partial charge in [0, 0.05) is 10.6 Å². The highest BCUT2D eigenvalue weighted by molar-refractivity contribution is 7.98. The van der Waals surface area contributed by atoms with Gasteiger partial charge >= 0.3 is 0 Å². The molecule has 2 rings (SSSR count). The Morgan fingerprint density at radius 3 is 2.61 bits per heavy atom. The van der Waals surface area contributed by atoms with Crippen molar-refractivity contribution in [3.8, 4) is 5.75 Å². The third-order valence-electron chi connectivity index (χ3n) is 2.88. The number of methoxy groups -OCH3 is 1. The number of benzene rings is 1. The molecular formula is C14H18N2OS. The first-order valence-corrected chi connectivity index (χ1v) is 7.08. The zero-order valence-electron chi connectivity index (χ0n) is 11.2. The molecule has 0 saturated carbocycles. The van der Waals surface area contributed by atoms with Crippen LogP contribution in [0, 0.1) is 13.8 Å². The number of nitrogens with zero attached hydrogens (tertiary/aromatic N) is 2. The Bertz CT molecular complexity index is 549. The third kappa shape index (κ3) is 2.70. The summed E-state index contributed by atoms with van der Waals surface area (Å²) in [4.78, 5) is 1.16. The number of aromatic nitrogens is 2. The highest BCUT2D eigenvalue weighted by Crippen LogP contribution is 2.28. The van der Waals surface area contributed by atoms with Crippen LogP contribution in [-0.4, -0.2) is 23.1 Å². The molecule has 0 fully saturated rings. The van der Waals surface area contributed by atoms with Crippen molar-refractivity contribution in [1.82, 2.24) is 9.78 Å². The van der Waals surface area contributed by atoms with E-state index in [-0.39, 0.29) is 0 Å². The van der Waals surface area contributed by atoms with Gasteiger partial charge in [0.2, 0.25) is 0 Å². The summed E-state index contributed by atoms with van der Waals surface area (Å²) in [6.07, 6.45) is 2.05. The van der Waals surface area contributed by atoms with E-state index in [0.29, 0.717) is 0 Å². The van der Waals surface area contributed by atoms with E-state index in [0.717, 1.165) is 22.9 Å². The standard InChI is InChI=1S/C14H18N2OS/c1-10-7-11(2)16(15-10)9-12-5-6-14(18-4)13(8-12)17-3/h5-8H,9H2,1-4H3. The van der Waals surface area contributed by atoms with Gasteiger partial charge in [-0.2, -0.15) is 5.10 Å². The topological polar surface area (TPSA) is 27.1 Å². The Labute approximate surface area is 112 Å². The van der Waals surface area contributed by atoms with Crippen LogP contribution in [0.2, 0.25) is 0 Å². The SMILES string of the molecule is COc1cc(Cn2nc(C)cc2C)ccc1SC. The molecule has 0 atom stereocenters. The molecule has 0 aliphatic carbocycles. The van der Waals surface area contributed by atoms with Crippen molar-refractivity contribution in [2.45, 2.75) is 25.3 Å². The highest BCUT2D eigenvalue weighted by Gasteiger charge is 2.06. The van der Waals surface area contributed by atoms with Crippen LogP contribution >= 0.6 is 11.8 Å². The van der Waals surface area contributed by atoms with Gasteiger partial charge in [-0.15, -0.1) is 11.8 Å². The molecule has 3 nitrogen and oxygen atoms in total. The van der Waals surface area contributed by atoms with Crippen LogP contribution in [0.25, 0.3) is 0 Å². The van der Waals surface area contributed by atoms with Gasteiger partial charge in [-0.25, -0.2) is 0 Å². The summed E-state index contributed by atoms with van der Waals surface area (Å²) in [5, 5.41) is 4.47. The zero-order chi connectivity index (χ0) is 13.1. The van der Waals surface area contributed by atoms with Gasteiger partial charge in [0.25, 0.3) is 0 Å². The Hall–Kier alpha value is -1.42. The first kappa shape index (κ1) is 13.0. The Morgan fingerprint density at radius 1 is 1.28 bits per heavy atom. The van der Waals surface area contributed by atoms with Gasteiger partial charge in [-0.05, 0) is 43.9 Å². The molecule has 96 valence electrons. The van der Waals surface area contributed by atoms with Gasteiger partial charge in [0.05, 0.1) is 19.3 Å². The number of thioether (sulfide) groups is 1. The maximum Gasteiger partial charge on any atom is 0.132 e. The van der Waals surface area contributed by atoms with Gasteiger partial charge < -0.3 is 4.74 Å². The normalized spacial score (nSPS) is 10.7. The smallest absolute Gasteiger partial charge is 0.132 e. The summed E-state index contributed by atoms with van der Waals surface area (Å²) in [6.45, 7) is 4.87. The lowest BCUT2D eigenvalue weighted by Gasteiger charge is -2.10. The lowest BCUT2D eigenvalue weighted by atomic mass is 10.2. The van der Waals surface area contributed by atoms with Crippen LogP contribution < -0.4 is 4.74 Å². The molecule has 0 amide bonds. The summed E-state index contributed by atoms with van der Waals surface area (Å²) in [7, 11) is 1.71. The van der Waals surface area contributed by atoms with Gasteiger partial charge in [-0.3, -0.25) is 4.68 Å². The molecule has 1 aromatic heterocycles. The van der Waals surface area contributed by atoms with E-state index in [1.165, 1.54) is 11.3 Å². The minimum Gasteiger partial charge on any atom is -0.496 e. The van der Waals surface area contributed by atoms with Gasteiger partial charge in [-0.1, -0.05) is 6.07 Å². The van der Waals surface area contributed by atoms with E-state index >= 15 is 0 Å².